The zero-order chi connectivity index (χ0) is 26.9. The molecule has 0 saturated heterocycles. The quantitative estimate of drug-likeness (QED) is 0.206. The summed E-state index contributed by atoms with van der Waals surface area (Å²) in [6, 6.07) is 0. The van der Waals surface area contributed by atoms with Crippen molar-refractivity contribution in [2.45, 2.75) is 0 Å². The van der Waals surface area contributed by atoms with E-state index in [1.54, 1.807) is 0 Å². The van der Waals surface area contributed by atoms with Crippen LogP contribution in [0.15, 0.2) is 0 Å². The maximum atomic E-state index is 8.46. The molecule has 0 spiro atoms. The van der Waals surface area contributed by atoms with Crippen molar-refractivity contribution < 1.29 is 111 Å². The van der Waals surface area contributed by atoms with Crippen molar-refractivity contribution in [1.82, 2.24) is 0 Å². The minimum atomic E-state index is -2.33. The van der Waals surface area contributed by atoms with Gasteiger partial charge in [-0.1, -0.05) is 0 Å². The maximum absolute atomic E-state index is 8.46. The van der Waals surface area contributed by atoms with Crippen LogP contribution in [0.5, 0.6) is 0 Å². The zero-order valence-corrected chi connectivity index (χ0v) is 36.4. The third-order valence-electron chi connectivity index (χ3n) is 0. The first-order valence-corrected chi connectivity index (χ1v) is 6.50. The molecule has 184 valence electrons. The standard InChI is InChI=1S/6CH2O3.2Al.7Ca.H2O.4O/c6*2-1(3)4;;;;;;;;;;;;;;/h6*(H2,2,3,4);;;;;;;;;;1H2;;;;/q;;;;;;;;7*+2;;;;2*-1/p-12. The molecule has 0 aliphatic carbocycles. The molecule has 0 aromatic rings. The second kappa shape index (κ2) is 113. The van der Waals surface area contributed by atoms with Gasteiger partial charge in [-0.05, 0) is 36.9 Å². The fourth-order valence-electron chi connectivity index (χ4n) is 0. The first kappa shape index (κ1) is 104. The summed E-state index contributed by atoms with van der Waals surface area (Å²) in [5, 5.41) is 100. The normalized spacial score (nSPS) is 4.21. The van der Waals surface area contributed by atoms with Crippen LogP contribution in [0.1, 0.15) is 0 Å². The van der Waals surface area contributed by atoms with E-state index in [1.807, 2.05) is 0 Å². The molecule has 0 aromatic carbocycles. The Kier molecular flexibility index (Phi) is 310. The van der Waals surface area contributed by atoms with E-state index in [2.05, 4.69) is 0 Å². The minimum absolute atomic E-state index is 0. The molecule has 0 unspecified atom stereocenters. The summed E-state index contributed by atoms with van der Waals surface area (Å²) in [4.78, 5) is 50.0. The summed E-state index contributed by atoms with van der Waals surface area (Å²) < 4.78 is 33.8. The summed E-state index contributed by atoms with van der Waals surface area (Å²) in [7, 11) is 0. The van der Waals surface area contributed by atoms with Crippen LogP contribution in [0.4, 0.5) is 28.8 Å². The molecule has 0 rings (SSSR count). The van der Waals surface area contributed by atoms with Gasteiger partial charge in [0.2, 0.25) is 0 Å². The van der Waals surface area contributed by atoms with Crippen LogP contribution >= 0.6 is 0 Å². The first-order chi connectivity index (χ1) is 13.2. The van der Waals surface area contributed by atoms with Crippen LogP contribution in [0.25, 0.3) is 0 Å². The molecule has 0 aromatic heterocycles. The van der Waals surface area contributed by atoms with Gasteiger partial charge in [0.15, 0.2) is 0 Å². The summed E-state index contributed by atoms with van der Waals surface area (Å²) >= 11 is -3.50. The van der Waals surface area contributed by atoms with Crippen LogP contribution in [0, 0.1) is 0 Å². The Hall–Kier alpha value is 4.66. The number of carbonyl (C=O) groups excluding carboxylic acids is 6. The number of carboxylic acid groups (broad SMARTS) is 12. The summed E-state index contributed by atoms with van der Waals surface area (Å²) in [5.41, 5.74) is 0. The zero-order valence-electron chi connectivity index (χ0n) is 18.6. The molecule has 32 heteroatoms. The second-order valence-corrected chi connectivity index (χ2v) is 2.08. The van der Waals surface area contributed by atoms with Crippen LogP contribution in [0.2, 0.25) is 0 Å². The molecule has 0 bridgehead atoms. The average Bonchev–Trinajstić information content (AvgIpc) is 2.34. The molecule has 0 heterocycles. The topological polar surface area (TPSA) is 491 Å². The van der Waals surface area contributed by atoms with Crippen molar-refractivity contribution in [1.29, 1.82) is 0 Å². The van der Waals surface area contributed by atoms with Crippen molar-refractivity contribution in [2.75, 3.05) is 0 Å². The Bertz CT molecular complexity index is 360. The van der Waals surface area contributed by atoms with E-state index in [0.717, 1.165) is 0 Å². The van der Waals surface area contributed by atoms with Gasteiger partial charge in [-0.15, -0.1) is 0 Å². The number of carbonyl (C=O) groups is 6. The van der Waals surface area contributed by atoms with Gasteiger partial charge in [0.25, 0.3) is 0 Å². The molecule has 0 saturated carbocycles. The van der Waals surface area contributed by atoms with E-state index >= 15 is 0 Å². The van der Waals surface area contributed by atoms with Gasteiger partial charge >= 0.3 is 311 Å². The Labute approximate surface area is 432 Å². The molecule has 0 amide bonds. The third-order valence-corrected chi connectivity index (χ3v) is 0. The van der Waals surface area contributed by atoms with Gasteiger partial charge in [0.05, 0.1) is 0 Å². The first-order valence-electron chi connectivity index (χ1n) is 4.62. The van der Waals surface area contributed by atoms with Crippen LogP contribution in [0.3, 0.4) is 0 Å². The van der Waals surface area contributed by atoms with E-state index in [-0.39, 0.29) is 270 Å². The van der Waals surface area contributed by atoms with E-state index in [0.29, 0.717) is 0 Å². The molecular formula is C6H2Al2Ca7O23. The molecular weight excluding hydrogens is 775 g/mol. The average molecular weight is 777 g/mol. The molecule has 0 aliphatic rings. The molecule has 0 aliphatic heterocycles. The van der Waals surface area contributed by atoms with Gasteiger partial charge in [-0.25, -0.2) is 0 Å². The Morgan fingerprint density at radius 2 is 0.316 bits per heavy atom. The Morgan fingerprint density at radius 3 is 0.316 bits per heavy atom. The molecule has 0 fully saturated rings. The van der Waals surface area contributed by atoms with Crippen molar-refractivity contribution in [3.8, 4) is 0 Å². The van der Waals surface area contributed by atoms with Crippen LogP contribution in [-0.4, -0.2) is 338 Å². The van der Waals surface area contributed by atoms with E-state index in [9.17, 15) is 0 Å². The number of rotatable bonds is 0. The van der Waals surface area contributed by atoms with Gasteiger partial charge in [0.1, 0.15) is 0 Å². The molecule has 0 radical (unpaired) electrons. The number of hydrogen-bond acceptors (Lipinski definition) is 22. The van der Waals surface area contributed by atoms with E-state index in [1.165, 1.54) is 0 Å². The van der Waals surface area contributed by atoms with Crippen LogP contribution in [-0.2, 0) is 7.61 Å². The Balaban J connectivity index is -0.0000000101. The number of hydrogen-bond donors (Lipinski definition) is 0. The Morgan fingerprint density at radius 1 is 0.316 bits per heavy atom. The van der Waals surface area contributed by atoms with Gasteiger partial charge in [-0.3, -0.25) is 0 Å². The van der Waals surface area contributed by atoms with Crippen molar-refractivity contribution in [2.24, 2.45) is 0 Å². The monoisotopic (exact) mass is 776 g/mol. The van der Waals surface area contributed by atoms with Crippen molar-refractivity contribution in [3.05, 3.63) is 0 Å². The molecule has 38 heavy (non-hydrogen) atoms. The molecule has 23 nitrogen and oxygen atoms in total. The van der Waals surface area contributed by atoms with Gasteiger partial charge in [0, 0.05) is 0 Å². The summed E-state index contributed by atoms with van der Waals surface area (Å²) in [6.45, 7) is 0. The molecule has 2 N–H and O–H groups in total. The van der Waals surface area contributed by atoms with E-state index < -0.39 is 67.9 Å². The second-order valence-electron chi connectivity index (χ2n) is 1.69. The predicted molar refractivity (Wildman–Crippen MR) is 89.1 cm³/mol. The third kappa shape index (κ3) is 2940. The SMILES string of the molecule is O.O=C([O-])[O-].O=C([O-])[O-].O=C([O-])[O-].O=C([O-])[O-].O=C([O-])[O-].O=C([O-])[O-].[Ca+2].[Ca+2].[Ca+2].[Ca+2].[Ca+2].[Ca+2].[Ca+2].[O]=[Al][O-].[O]=[Al][O-]. The summed E-state index contributed by atoms with van der Waals surface area (Å²) in [6.07, 6.45) is -14.0. The predicted octanol–water partition coefficient (Wildman–Crippen LogP) is -21.5. The molecule has 0 atom stereocenters. The van der Waals surface area contributed by atoms with Gasteiger partial charge in [-0.2, -0.15) is 0 Å². The fraction of sp³-hybridized carbons (Fsp3) is 0. The van der Waals surface area contributed by atoms with Gasteiger partial charge < -0.3 is 95.5 Å². The van der Waals surface area contributed by atoms with Crippen molar-refractivity contribution in [3.63, 3.8) is 0 Å². The fourth-order valence-corrected chi connectivity index (χ4v) is 0. The summed E-state index contributed by atoms with van der Waals surface area (Å²) in [5.74, 6) is 0. The van der Waals surface area contributed by atoms with Crippen molar-refractivity contribution >= 4 is 332 Å². The van der Waals surface area contributed by atoms with Crippen LogP contribution < -0.4 is 69.6 Å². The van der Waals surface area contributed by atoms with E-state index in [4.69, 9.17) is 106 Å².